The molecule has 0 aromatic rings. The molecule has 0 aromatic heterocycles. The van der Waals surface area contributed by atoms with Crippen LogP contribution in [-0.2, 0) is 4.79 Å². The molecule has 0 aliphatic carbocycles. The van der Waals surface area contributed by atoms with E-state index < -0.39 is 0 Å². The summed E-state index contributed by atoms with van der Waals surface area (Å²) < 4.78 is 0. The van der Waals surface area contributed by atoms with Gasteiger partial charge in [-0.05, 0) is 65.1 Å². The molecule has 1 aliphatic rings. The first-order chi connectivity index (χ1) is 10.0. The Morgan fingerprint density at radius 3 is 2.19 bits per heavy atom. The molecule has 4 heteroatoms. The Hall–Kier alpha value is -0.610. The molecule has 0 radical (unpaired) electrons. The lowest BCUT2D eigenvalue weighted by molar-refractivity contribution is -0.127. The van der Waals surface area contributed by atoms with Crippen LogP contribution in [0.3, 0.4) is 0 Å². The van der Waals surface area contributed by atoms with Crippen LogP contribution in [0.1, 0.15) is 60.3 Å². The van der Waals surface area contributed by atoms with Crippen LogP contribution in [0.4, 0.5) is 0 Å². The summed E-state index contributed by atoms with van der Waals surface area (Å²) in [6, 6.07) is 0.915. The maximum atomic E-state index is 12.3. The van der Waals surface area contributed by atoms with Gasteiger partial charge in [-0.25, -0.2) is 0 Å². The molecule has 1 rings (SSSR count). The largest absolute Gasteiger partial charge is 0.352 e. The third-order valence-electron chi connectivity index (χ3n) is 5.07. The Morgan fingerprint density at radius 2 is 1.71 bits per heavy atom. The Morgan fingerprint density at radius 1 is 1.14 bits per heavy atom. The summed E-state index contributed by atoms with van der Waals surface area (Å²) in [6.07, 6.45) is 4.40. The van der Waals surface area contributed by atoms with Crippen LogP contribution in [0, 0.1) is 5.92 Å². The van der Waals surface area contributed by atoms with Crippen molar-refractivity contribution in [3.63, 3.8) is 0 Å². The molecule has 1 amide bonds. The lowest BCUT2D eigenvalue weighted by atomic mass is 9.89. The smallest absolute Gasteiger partial charge is 0.237 e. The Bertz CT molecular complexity index is 296. The van der Waals surface area contributed by atoms with Gasteiger partial charge in [-0.15, -0.1) is 0 Å². The van der Waals surface area contributed by atoms with E-state index in [2.05, 4.69) is 43.2 Å². The number of hydrogen-bond donors (Lipinski definition) is 2. The summed E-state index contributed by atoms with van der Waals surface area (Å²) in [7, 11) is 0. The highest BCUT2D eigenvalue weighted by molar-refractivity contribution is 5.81. The number of nitrogens with one attached hydrogen (secondary N) is 2. The van der Waals surface area contributed by atoms with Gasteiger partial charge < -0.3 is 10.6 Å². The average molecular weight is 297 g/mol. The summed E-state index contributed by atoms with van der Waals surface area (Å²) in [5.41, 5.74) is 0. The topological polar surface area (TPSA) is 44.4 Å². The fourth-order valence-corrected chi connectivity index (χ4v) is 3.28. The zero-order chi connectivity index (χ0) is 15.8. The van der Waals surface area contributed by atoms with Crippen molar-refractivity contribution < 1.29 is 4.79 Å². The molecule has 0 saturated carbocycles. The van der Waals surface area contributed by atoms with Gasteiger partial charge in [-0.3, -0.25) is 9.69 Å². The number of likely N-dealkylation sites (tertiary alicyclic amines) is 1. The third kappa shape index (κ3) is 5.59. The van der Waals surface area contributed by atoms with Gasteiger partial charge in [0.15, 0.2) is 0 Å². The summed E-state index contributed by atoms with van der Waals surface area (Å²) in [5.74, 6) is 0.942. The number of rotatable bonds is 8. The van der Waals surface area contributed by atoms with Crippen LogP contribution in [0.2, 0.25) is 0 Å². The van der Waals surface area contributed by atoms with Gasteiger partial charge in [0, 0.05) is 12.1 Å². The van der Waals surface area contributed by atoms with Crippen molar-refractivity contribution in [1.82, 2.24) is 15.5 Å². The van der Waals surface area contributed by atoms with Gasteiger partial charge in [0.25, 0.3) is 0 Å². The van der Waals surface area contributed by atoms with Crippen LogP contribution >= 0.6 is 0 Å². The maximum absolute atomic E-state index is 12.3. The van der Waals surface area contributed by atoms with E-state index in [0.29, 0.717) is 12.1 Å². The Balaban J connectivity index is 2.40. The normalized spacial score (nSPS) is 20.5. The summed E-state index contributed by atoms with van der Waals surface area (Å²) >= 11 is 0. The van der Waals surface area contributed by atoms with Crippen LogP contribution in [0.5, 0.6) is 0 Å². The standard InChI is InChI=1S/C17H35N3O/c1-6-16(7-2)19-17(21)14(5)20-11-9-15(10-12-20)13(4)18-8-3/h13-16,18H,6-12H2,1-5H3,(H,19,21). The molecule has 0 spiro atoms. The summed E-state index contributed by atoms with van der Waals surface area (Å²) in [4.78, 5) is 14.7. The zero-order valence-electron chi connectivity index (χ0n) is 14.6. The minimum Gasteiger partial charge on any atom is -0.352 e. The van der Waals surface area contributed by atoms with Gasteiger partial charge in [0.1, 0.15) is 0 Å². The minimum atomic E-state index is 0.000917. The van der Waals surface area contributed by atoms with Crippen molar-refractivity contribution in [1.29, 1.82) is 0 Å². The molecule has 1 heterocycles. The average Bonchev–Trinajstić information content (AvgIpc) is 2.52. The molecule has 2 unspecified atom stereocenters. The Labute approximate surface area is 131 Å². The highest BCUT2D eigenvalue weighted by Crippen LogP contribution is 2.22. The maximum Gasteiger partial charge on any atom is 0.237 e. The van der Waals surface area contributed by atoms with Gasteiger partial charge in [-0.2, -0.15) is 0 Å². The number of amides is 1. The van der Waals surface area contributed by atoms with Crippen molar-refractivity contribution in [2.45, 2.75) is 78.4 Å². The molecular weight excluding hydrogens is 262 g/mol. The molecular formula is C17H35N3O. The van der Waals surface area contributed by atoms with Crippen LogP contribution < -0.4 is 10.6 Å². The second-order valence-electron chi connectivity index (χ2n) is 6.42. The molecule has 1 saturated heterocycles. The van der Waals surface area contributed by atoms with Gasteiger partial charge >= 0.3 is 0 Å². The predicted octanol–water partition coefficient (Wildman–Crippen LogP) is 2.39. The quantitative estimate of drug-likeness (QED) is 0.723. The van der Waals surface area contributed by atoms with Crippen LogP contribution in [0.15, 0.2) is 0 Å². The van der Waals surface area contributed by atoms with E-state index in [1.165, 1.54) is 12.8 Å². The van der Waals surface area contributed by atoms with E-state index in [-0.39, 0.29) is 11.9 Å². The molecule has 124 valence electrons. The van der Waals surface area contributed by atoms with Crippen molar-refractivity contribution in [3.8, 4) is 0 Å². The number of hydrogen-bond acceptors (Lipinski definition) is 3. The first-order valence-electron chi connectivity index (χ1n) is 8.81. The van der Waals surface area contributed by atoms with E-state index >= 15 is 0 Å². The van der Waals surface area contributed by atoms with Crippen molar-refractivity contribution in [2.24, 2.45) is 5.92 Å². The fraction of sp³-hybridized carbons (Fsp3) is 0.941. The molecule has 21 heavy (non-hydrogen) atoms. The first-order valence-corrected chi connectivity index (χ1v) is 8.81. The fourth-order valence-electron chi connectivity index (χ4n) is 3.28. The molecule has 1 fully saturated rings. The molecule has 2 atom stereocenters. The van der Waals surface area contributed by atoms with Crippen LogP contribution in [-0.4, -0.2) is 48.6 Å². The summed E-state index contributed by atoms with van der Waals surface area (Å²) in [6.45, 7) is 13.9. The second kappa shape index (κ2) is 9.42. The molecule has 0 bridgehead atoms. The van der Waals surface area contributed by atoms with E-state index in [1.54, 1.807) is 0 Å². The Kier molecular flexibility index (Phi) is 8.27. The van der Waals surface area contributed by atoms with Crippen molar-refractivity contribution >= 4 is 5.91 Å². The van der Waals surface area contributed by atoms with Crippen LogP contribution in [0.25, 0.3) is 0 Å². The zero-order valence-corrected chi connectivity index (χ0v) is 14.6. The van der Waals surface area contributed by atoms with Gasteiger partial charge in [0.05, 0.1) is 6.04 Å². The van der Waals surface area contributed by atoms with E-state index in [0.717, 1.165) is 38.4 Å². The minimum absolute atomic E-state index is 0.000917. The lowest BCUT2D eigenvalue weighted by Gasteiger charge is -2.38. The SMILES string of the molecule is CCNC(C)C1CCN(C(C)C(=O)NC(CC)CC)CC1. The first kappa shape index (κ1) is 18.4. The monoisotopic (exact) mass is 297 g/mol. The number of piperidine rings is 1. The number of carbonyl (C=O) groups is 1. The highest BCUT2D eigenvalue weighted by atomic mass is 16.2. The van der Waals surface area contributed by atoms with Gasteiger partial charge in [0.2, 0.25) is 5.91 Å². The highest BCUT2D eigenvalue weighted by Gasteiger charge is 2.29. The molecule has 1 aliphatic heterocycles. The van der Waals surface area contributed by atoms with E-state index in [9.17, 15) is 4.79 Å². The number of carbonyl (C=O) groups excluding carboxylic acids is 1. The van der Waals surface area contributed by atoms with Gasteiger partial charge in [-0.1, -0.05) is 20.8 Å². The summed E-state index contributed by atoms with van der Waals surface area (Å²) in [5, 5.41) is 6.70. The molecule has 2 N–H and O–H groups in total. The second-order valence-corrected chi connectivity index (χ2v) is 6.42. The van der Waals surface area contributed by atoms with E-state index in [4.69, 9.17) is 0 Å². The third-order valence-corrected chi connectivity index (χ3v) is 5.07. The van der Waals surface area contributed by atoms with Crippen molar-refractivity contribution in [3.05, 3.63) is 0 Å². The molecule has 0 aromatic carbocycles. The number of nitrogens with zero attached hydrogens (tertiary/aromatic N) is 1. The van der Waals surface area contributed by atoms with Crippen molar-refractivity contribution in [2.75, 3.05) is 19.6 Å². The predicted molar refractivity (Wildman–Crippen MR) is 89.4 cm³/mol. The van der Waals surface area contributed by atoms with E-state index in [1.807, 2.05) is 6.92 Å². The molecule has 4 nitrogen and oxygen atoms in total. The lowest BCUT2D eigenvalue weighted by Crippen LogP contribution is -2.51.